The maximum Gasteiger partial charge on any atom is 0.330 e. The zero-order valence-corrected chi connectivity index (χ0v) is 15.0. The van der Waals surface area contributed by atoms with Crippen LogP contribution in [0.25, 0.3) is 0 Å². The van der Waals surface area contributed by atoms with Crippen LogP contribution in [0.15, 0.2) is 52.9 Å². The van der Waals surface area contributed by atoms with Crippen molar-refractivity contribution in [2.45, 2.75) is 17.6 Å². The number of ether oxygens (including phenoxy) is 1. The maximum atomic E-state index is 12.3. The number of hydrogen-bond acceptors (Lipinski definition) is 7. The molecule has 0 bridgehead atoms. The summed E-state index contributed by atoms with van der Waals surface area (Å²) >= 11 is 1.27. The molecule has 0 fully saturated rings. The summed E-state index contributed by atoms with van der Waals surface area (Å²) in [6.45, 7) is 1.89. The zero-order valence-electron chi connectivity index (χ0n) is 13.3. The third-order valence-electron chi connectivity index (χ3n) is 2.94. The number of carbonyl (C=O) groups is 2. The van der Waals surface area contributed by atoms with E-state index in [2.05, 4.69) is 15.0 Å². The van der Waals surface area contributed by atoms with E-state index in [0.717, 1.165) is 12.2 Å². The first kappa shape index (κ1) is 18.8. The lowest BCUT2D eigenvalue weighted by Gasteiger charge is -2.05. The first-order chi connectivity index (χ1) is 11.9. The van der Waals surface area contributed by atoms with Gasteiger partial charge in [0, 0.05) is 29.4 Å². The maximum absolute atomic E-state index is 12.3. The molecule has 0 saturated carbocycles. The lowest BCUT2D eigenvalue weighted by molar-refractivity contribution is -0.137. The Labute approximate surface area is 149 Å². The molecule has 0 unspecified atom stereocenters. The lowest BCUT2D eigenvalue weighted by atomic mass is 10.3. The van der Waals surface area contributed by atoms with Crippen LogP contribution in [0.4, 0.5) is 5.69 Å². The number of carbonyl (C=O) groups excluding carboxylic acids is 2. The molecular weight excluding hydrogens is 364 g/mol. The second kappa shape index (κ2) is 8.54. The van der Waals surface area contributed by atoms with Crippen LogP contribution in [0, 0.1) is 0 Å². The van der Waals surface area contributed by atoms with Crippen molar-refractivity contribution >= 4 is 38.7 Å². The van der Waals surface area contributed by atoms with Gasteiger partial charge in [0.2, 0.25) is 5.91 Å². The van der Waals surface area contributed by atoms with E-state index in [1.165, 1.54) is 35.6 Å². The van der Waals surface area contributed by atoms with Crippen molar-refractivity contribution in [1.29, 1.82) is 0 Å². The van der Waals surface area contributed by atoms with Crippen LogP contribution in [0.1, 0.15) is 11.9 Å². The Morgan fingerprint density at radius 3 is 2.56 bits per heavy atom. The van der Waals surface area contributed by atoms with Crippen LogP contribution >= 0.6 is 11.3 Å². The number of nitrogens with zero attached hydrogens (tertiary/aromatic N) is 1. The molecule has 25 heavy (non-hydrogen) atoms. The van der Waals surface area contributed by atoms with Gasteiger partial charge in [0.25, 0.3) is 0 Å². The van der Waals surface area contributed by atoms with Crippen molar-refractivity contribution in [3.05, 3.63) is 53.0 Å². The first-order valence-corrected chi connectivity index (χ1v) is 9.81. The number of benzene rings is 1. The number of amides is 1. The summed E-state index contributed by atoms with van der Waals surface area (Å²) in [4.78, 5) is 26.9. The van der Waals surface area contributed by atoms with Gasteiger partial charge in [0.05, 0.1) is 11.5 Å². The van der Waals surface area contributed by atoms with Crippen LogP contribution in [0.5, 0.6) is 0 Å². The van der Waals surface area contributed by atoms with Gasteiger partial charge in [0.15, 0.2) is 9.84 Å². The van der Waals surface area contributed by atoms with Gasteiger partial charge >= 0.3 is 5.97 Å². The van der Waals surface area contributed by atoms with E-state index in [-0.39, 0.29) is 17.3 Å². The van der Waals surface area contributed by atoms with Crippen molar-refractivity contribution in [2.75, 3.05) is 11.9 Å². The van der Waals surface area contributed by atoms with Gasteiger partial charge in [-0.3, -0.25) is 4.79 Å². The van der Waals surface area contributed by atoms with Crippen molar-refractivity contribution < 1.29 is 22.7 Å². The van der Waals surface area contributed by atoms with Gasteiger partial charge < -0.3 is 10.1 Å². The molecule has 0 aliphatic carbocycles. The molecular formula is C16H16N2O5S2. The zero-order chi connectivity index (χ0) is 18.3. The summed E-state index contributed by atoms with van der Waals surface area (Å²) in [6, 6.07) is 5.77. The highest BCUT2D eigenvalue weighted by atomic mass is 32.2. The predicted molar refractivity (Wildman–Crippen MR) is 93.8 cm³/mol. The van der Waals surface area contributed by atoms with Gasteiger partial charge in [-0.25, -0.2) is 18.2 Å². The second-order valence-corrected chi connectivity index (χ2v) is 7.75. The fraction of sp³-hybridized carbons (Fsp3) is 0.188. The monoisotopic (exact) mass is 380 g/mol. The number of sulfone groups is 1. The molecule has 0 radical (unpaired) electrons. The summed E-state index contributed by atoms with van der Waals surface area (Å²) in [5.74, 6) is -1.30. The van der Waals surface area contributed by atoms with E-state index >= 15 is 0 Å². The Morgan fingerprint density at radius 2 is 1.96 bits per heavy atom. The highest BCUT2D eigenvalue weighted by Crippen LogP contribution is 2.19. The van der Waals surface area contributed by atoms with Gasteiger partial charge in [-0.15, -0.1) is 11.3 Å². The minimum atomic E-state index is -3.50. The first-order valence-electron chi connectivity index (χ1n) is 7.27. The van der Waals surface area contributed by atoms with Gasteiger partial charge in [-0.2, -0.15) is 0 Å². The number of thiazole rings is 1. The number of aromatic nitrogens is 1. The number of hydrogen-bond donors (Lipinski definition) is 1. The minimum Gasteiger partial charge on any atom is -0.463 e. The normalized spacial score (nSPS) is 11.4. The molecule has 7 nitrogen and oxygen atoms in total. The fourth-order valence-corrected chi connectivity index (χ4v) is 4.09. The Bertz CT molecular complexity index is 856. The second-order valence-electron chi connectivity index (χ2n) is 4.78. The largest absolute Gasteiger partial charge is 0.463 e. The quantitative estimate of drug-likeness (QED) is 0.583. The van der Waals surface area contributed by atoms with Crippen LogP contribution in [-0.4, -0.2) is 31.9 Å². The average molecular weight is 380 g/mol. The Morgan fingerprint density at radius 1 is 1.24 bits per heavy atom. The molecule has 1 aromatic heterocycles. The molecule has 1 amide bonds. The highest BCUT2D eigenvalue weighted by molar-refractivity contribution is 7.90. The van der Waals surface area contributed by atoms with E-state index in [1.54, 1.807) is 18.5 Å². The molecule has 0 atom stereocenters. The Kier molecular flexibility index (Phi) is 6.43. The third kappa shape index (κ3) is 5.80. The Balaban J connectivity index is 2.00. The van der Waals surface area contributed by atoms with Crippen LogP contribution in [0.3, 0.4) is 0 Å². The van der Waals surface area contributed by atoms with Crippen LogP contribution in [-0.2, 0) is 29.9 Å². The molecule has 1 N–H and O–H groups in total. The number of anilines is 1. The van der Waals surface area contributed by atoms with Crippen molar-refractivity contribution in [3.63, 3.8) is 0 Å². The molecule has 1 aromatic carbocycles. The summed E-state index contributed by atoms with van der Waals surface area (Å²) in [5, 5.41) is 4.76. The van der Waals surface area contributed by atoms with E-state index in [0.29, 0.717) is 10.7 Å². The lowest BCUT2D eigenvalue weighted by Crippen LogP contribution is -2.10. The van der Waals surface area contributed by atoms with Gasteiger partial charge in [0.1, 0.15) is 10.8 Å². The SMILES string of the molecule is CCOC(=O)/C=C/C(=O)Nc1ccc(S(=O)(=O)Cc2nccs2)cc1. The molecule has 2 rings (SSSR count). The molecule has 0 aliphatic heterocycles. The molecule has 2 aromatic rings. The predicted octanol–water partition coefficient (Wildman–Crippen LogP) is 2.17. The van der Waals surface area contributed by atoms with E-state index in [4.69, 9.17) is 0 Å². The van der Waals surface area contributed by atoms with Gasteiger partial charge in [-0.1, -0.05) is 0 Å². The van der Waals surface area contributed by atoms with E-state index < -0.39 is 21.7 Å². The molecule has 0 saturated heterocycles. The Hall–Kier alpha value is -2.52. The summed E-state index contributed by atoms with van der Waals surface area (Å²) in [5.41, 5.74) is 0.409. The standard InChI is InChI=1S/C16H16N2O5S2/c1-2-23-16(20)8-7-14(19)18-12-3-5-13(6-4-12)25(21,22)11-15-17-9-10-24-15/h3-10H,2,11H2,1H3,(H,18,19)/b8-7+. The smallest absolute Gasteiger partial charge is 0.330 e. The molecule has 0 spiro atoms. The fourth-order valence-electron chi connectivity index (χ4n) is 1.83. The van der Waals surface area contributed by atoms with Crippen LogP contribution < -0.4 is 5.32 Å². The highest BCUT2D eigenvalue weighted by Gasteiger charge is 2.16. The van der Waals surface area contributed by atoms with Crippen molar-refractivity contribution in [3.8, 4) is 0 Å². The minimum absolute atomic E-state index is 0.141. The molecule has 1 heterocycles. The van der Waals surface area contributed by atoms with Crippen molar-refractivity contribution in [1.82, 2.24) is 4.98 Å². The average Bonchev–Trinajstić information content (AvgIpc) is 3.06. The number of nitrogens with one attached hydrogen (secondary N) is 1. The van der Waals surface area contributed by atoms with E-state index in [1.807, 2.05) is 0 Å². The van der Waals surface area contributed by atoms with Gasteiger partial charge in [-0.05, 0) is 31.2 Å². The molecule has 0 aliphatic rings. The molecule has 9 heteroatoms. The summed E-state index contributed by atoms with van der Waals surface area (Å²) in [7, 11) is -3.50. The number of rotatable bonds is 7. The van der Waals surface area contributed by atoms with E-state index in [9.17, 15) is 18.0 Å². The number of esters is 1. The van der Waals surface area contributed by atoms with Crippen LogP contribution in [0.2, 0.25) is 0 Å². The van der Waals surface area contributed by atoms with Crippen molar-refractivity contribution in [2.24, 2.45) is 0 Å². The summed E-state index contributed by atoms with van der Waals surface area (Å²) < 4.78 is 29.2. The topological polar surface area (TPSA) is 102 Å². The third-order valence-corrected chi connectivity index (χ3v) is 5.54. The summed E-state index contributed by atoms with van der Waals surface area (Å²) in [6.07, 6.45) is 3.62. The molecule has 132 valence electrons.